The highest BCUT2D eigenvalue weighted by Gasteiger charge is 2.33. The smallest absolute Gasteiger partial charge is 0.338 e. The molecule has 0 unspecified atom stereocenters. The summed E-state index contributed by atoms with van der Waals surface area (Å²) in [5, 5.41) is 0. The fourth-order valence-electron chi connectivity index (χ4n) is 4.79. The normalized spacial score (nSPS) is 14.6. The van der Waals surface area contributed by atoms with E-state index in [1.54, 1.807) is 68.0 Å². The molecule has 0 aliphatic carbocycles. The van der Waals surface area contributed by atoms with Crippen molar-refractivity contribution in [3.05, 3.63) is 120 Å². The Hall–Kier alpha value is -4.70. The zero-order valence-corrected chi connectivity index (χ0v) is 25.1. The van der Waals surface area contributed by atoms with Crippen LogP contribution in [0.4, 0.5) is 4.39 Å². The molecule has 0 fully saturated rings. The van der Waals surface area contributed by atoms with E-state index in [9.17, 15) is 14.0 Å². The van der Waals surface area contributed by atoms with E-state index in [-0.39, 0.29) is 24.6 Å². The monoisotopic (exact) mass is 602 g/mol. The van der Waals surface area contributed by atoms with Crippen molar-refractivity contribution in [3.8, 4) is 17.2 Å². The summed E-state index contributed by atoms with van der Waals surface area (Å²) in [6.07, 6.45) is 1.77. The van der Waals surface area contributed by atoms with Gasteiger partial charge in [0, 0.05) is 0 Å². The molecule has 10 heteroatoms. The van der Waals surface area contributed by atoms with Gasteiger partial charge in [-0.05, 0) is 79.9 Å². The first-order valence-electron chi connectivity index (χ1n) is 13.8. The van der Waals surface area contributed by atoms with Gasteiger partial charge in [-0.15, -0.1) is 0 Å². The molecule has 0 saturated heterocycles. The Kier molecular flexibility index (Phi) is 9.06. The van der Waals surface area contributed by atoms with Crippen molar-refractivity contribution < 1.29 is 28.1 Å². The standard InChI is InChI=1S/C33H31FN2O6S/c1-5-40-27-17-22(9-16-26(27)42-19-21-7-12-24(34)13-8-21)18-28-31(37)36-30(23-10-14-25(39-4)15-11-23)29(32(38)41-6-2)20(3)35-33(36)43-28/h7-18,30H,5-6,19H2,1-4H3/t30-/m1/s1. The van der Waals surface area contributed by atoms with E-state index >= 15 is 0 Å². The van der Waals surface area contributed by atoms with Gasteiger partial charge in [0.1, 0.15) is 18.2 Å². The molecule has 2 heterocycles. The molecular formula is C33H31FN2O6S. The van der Waals surface area contributed by atoms with Gasteiger partial charge in [0.2, 0.25) is 0 Å². The van der Waals surface area contributed by atoms with Gasteiger partial charge in [0.25, 0.3) is 5.56 Å². The lowest BCUT2D eigenvalue weighted by atomic mass is 9.96. The van der Waals surface area contributed by atoms with E-state index in [1.165, 1.54) is 23.5 Å². The van der Waals surface area contributed by atoms with E-state index in [2.05, 4.69) is 4.99 Å². The van der Waals surface area contributed by atoms with Crippen molar-refractivity contribution in [1.82, 2.24) is 4.57 Å². The maximum absolute atomic E-state index is 13.9. The number of benzene rings is 3. The summed E-state index contributed by atoms with van der Waals surface area (Å²) >= 11 is 1.24. The van der Waals surface area contributed by atoms with Crippen LogP contribution < -0.4 is 29.1 Å². The van der Waals surface area contributed by atoms with Gasteiger partial charge >= 0.3 is 5.97 Å². The fraction of sp³-hybridized carbons (Fsp3) is 0.242. The Morgan fingerprint density at radius 1 is 1.00 bits per heavy atom. The summed E-state index contributed by atoms with van der Waals surface area (Å²) in [5.41, 5.74) is 2.80. The second-order valence-corrected chi connectivity index (χ2v) is 10.6. The summed E-state index contributed by atoms with van der Waals surface area (Å²) in [4.78, 5) is 32.1. The van der Waals surface area contributed by atoms with Gasteiger partial charge in [0.05, 0.1) is 42.2 Å². The van der Waals surface area contributed by atoms with E-state index in [0.29, 0.717) is 44.5 Å². The molecule has 8 nitrogen and oxygen atoms in total. The number of esters is 1. The number of rotatable bonds is 10. The average molecular weight is 603 g/mol. The van der Waals surface area contributed by atoms with Gasteiger partial charge in [0.15, 0.2) is 16.3 Å². The third-order valence-corrected chi connectivity index (χ3v) is 7.80. The summed E-state index contributed by atoms with van der Waals surface area (Å²) < 4.78 is 37.7. The van der Waals surface area contributed by atoms with Gasteiger partial charge in [-0.25, -0.2) is 14.2 Å². The number of methoxy groups -OCH3 is 1. The van der Waals surface area contributed by atoms with Crippen molar-refractivity contribution in [2.75, 3.05) is 20.3 Å². The minimum atomic E-state index is -0.718. The minimum Gasteiger partial charge on any atom is -0.497 e. The number of hydrogen-bond acceptors (Lipinski definition) is 8. The van der Waals surface area contributed by atoms with Crippen LogP contribution in [0, 0.1) is 5.82 Å². The number of nitrogens with zero attached hydrogens (tertiary/aromatic N) is 2. The third-order valence-electron chi connectivity index (χ3n) is 6.82. The minimum absolute atomic E-state index is 0.196. The van der Waals surface area contributed by atoms with Gasteiger partial charge in [-0.3, -0.25) is 9.36 Å². The van der Waals surface area contributed by atoms with Crippen LogP contribution >= 0.6 is 11.3 Å². The molecule has 1 aliphatic heterocycles. The zero-order chi connectivity index (χ0) is 30.5. The lowest BCUT2D eigenvalue weighted by Crippen LogP contribution is -2.39. The Balaban J connectivity index is 1.54. The van der Waals surface area contributed by atoms with Gasteiger partial charge < -0.3 is 18.9 Å². The summed E-state index contributed by atoms with van der Waals surface area (Å²) in [6, 6.07) is 18.0. The Morgan fingerprint density at radius 3 is 2.42 bits per heavy atom. The van der Waals surface area contributed by atoms with Crippen LogP contribution in [0.2, 0.25) is 0 Å². The van der Waals surface area contributed by atoms with Crippen molar-refractivity contribution in [2.24, 2.45) is 4.99 Å². The molecule has 1 aliphatic rings. The molecule has 43 heavy (non-hydrogen) atoms. The molecule has 0 amide bonds. The first kappa shape index (κ1) is 29.8. The van der Waals surface area contributed by atoms with Crippen LogP contribution in [0.3, 0.4) is 0 Å². The lowest BCUT2D eigenvalue weighted by Gasteiger charge is -2.24. The first-order chi connectivity index (χ1) is 20.8. The molecule has 0 bridgehead atoms. The second-order valence-electron chi connectivity index (χ2n) is 9.63. The number of aromatic nitrogens is 1. The SMILES string of the molecule is CCOC(=O)C1=C(C)N=c2sc(=Cc3ccc(OCc4ccc(F)cc4)c(OCC)c3)c(=O)n2[C@@H]1c1ccc(OC)cc1. The fourth-order valence-corrected chi connectivity index (χ4v) is 5.83. The van der Waals surface area contributed by atoms with Gasteiger partial charge in [-0.1, -0.05) is 41.7 Å². The highest BCUT2D eigenvalue weighted by molar-refractivity contribution is 7.07. The molecular weight excluding hydrogens is 571 g/mol. The molecule has 4 aromatic rings. The van der Waals surface area contributed by atoms with Crippen LogP contribution in [0.25, 0.3) is 6.08 Å². The van der Waals surface area contributed by atoms with Crippen molar-refractivity contribution in [1.29, 1.82) is 0 Å². The van der Waals surface area contributed by atoms with Crippen molar-refractivity contribution >= 4 is 23.4 Å². The average Bonchev–Trinajstić information content (AvgIpc) is 3.31. The molecule has 0 spiro atoms. The number of carbonyl (C=O) groups is 1. The molecule has 0 saturated carbocycles. The summed E-state index contributed by atoms with van der Waals surface area (Å²) in [6.45, 7) is 6.21. The van der Waals surface area contributed by atoms with Crippen LogP contribution in [-0.4, -0.2) is 30.9 Å². The summed E-state index contributed by atoms with van der Waals surface area (Å²) in [5.74, 6) is 0.874. The topological polar surface area (TPSA) is 88.4 Å². The zero-order valence-electron chi connectivity index (χ0n) is 24.3. The molecule has 3 aromatic carbocycles. The van der Waals surface area contributed by atoms with Crippen molar-refractivity contribution in [2.45, 2.75) is 33.4 Å². The van der Waals surface area contributed by atoms with Gasteiger partial charge in [-0.2, -0.15) is 0 Å². The number of hydrogen-bond donors (Lipinski definition) is 0. The number of fused-ring (bicyclic) bond motifs is 1. The number of carbonyl (C=O) groups excluding carboxylic acids is 1. The predicted molar refractivity (Wildman–Crippen MR) is 162 cm³/mol. The number of allylic oxidation sites excluding steroid dienone is 1. The molecule has 1 aromatic heterocycles. The van der Waals surface area contributed by atoms with Crippen LogP contribution in [-0.2, 0) is 16.1 Å². The van der Waals surface area contributed by atoms with Crippen LogP contribution in [0.5, 0.6) is 17.2 Å². The molecule has 0 N–H and O–H groups in total. The van der Waals surface area contributed by atoms with E-state index in [4.69, 9.17) is 18.9 Å². The second kappa shape index (κ2) is 13.1. The molecule has 1 atom stereocenters. The quantitative estimate of drug-likeness (QED) is 0.240. The van der Waals surface area contributed by atoms with E-state index < -0.39 is 12.0 Å². The molecule has 0 radical (unpaired) electrons. The largest absolute Gasteiger partial charge is 0.497 e. The number of halogens is 1. The molecule has 222 valence electrons. The van der Waals surface area contributed by atoms with E-state index in [1.807, 2.05) is 25.1 Å². The van der Waals surface area contributed by atoms with Crippen LogP contribution in [0.1, 0.15) is 43.5 Å². The predicted octanol–water partition coefficient (Wildman–Crippen LogP) is 4.92. The Bertz CT molecular complexity index is 1840. The highest BCUT2D eigenvalue weighted by Crippen LogP contribution is 2.32. The Morgan fingerprint density at radius 2 is 1.74 bits per heavy atom. The van der Waals surface area contributed by atoms with Crippen molar-refractivity contribution in [3.63, 3.8) is 0 Å². The molecule has 5 rings (SSSR count). The Labute approximate surface area is 252 Å². The van der Waals surface area contributed by atoms with E-state index in [0.717, 1.165) is 16.7 Å². The summed E-state index contributed by atoms with van der Waals surface area (Å²) in [7, 11) is 1.58. The lowest BCUT2D eigenvalue weighted by molar-refractivity contribution is -0.139. The first-order valence-corrected chi connectivity index (χ1v) is 14.6. The third kappa shape index (κ3) is 6.39. The number of ether oxygens (including phenoxy) is 4. The highest BCUT2D eigenvalue weighted by atomic mass is 32.1. The maximum atomic E-state index is 13.9. The maximum Gasteiger partial charge on any atom is 0.338 e. The van der Waals surface area contributed by atoms with Crippen LogP contribution in [0.15, 0.2) is 87.8 Å². The number of thiazole rings is 1.